The van der Waals surface area contributed by atoms with Gasteiger partial charge in [-0.1, -0.05) is 0 Å². The topological polar surface area (TPSA) is 108 Å². The van der Waals surface area contributed by atoms with Gasteiger partial charge < -0.3 is 14.8 Å². The number of thiophene rings is 1. The molecule has 0 radical (unpaired) electrons. The molecule has 0 unspecified atom stereocenters. The van der Waals surface area contributed by atoms with Crippen molar-refractivity contribution in [1.82, 2.24) is 0 Å². The lowest BCUT2D eigenvalue weighted by Gasteiger charge is -2.09. The minimum Gasteiger partial charge on any atom is -0.495 e. The summed E-state index contributed by atoms with van der Waals surface area (Å²) in [6.45, 7) is -0.529. The van der Waals surface area contributed by atoms with Gasteiger partial charge in [-0.05, 0) is 34.5 Å². The highest BCUT2D eigenvalue weighted by molar-refractivity contribution is 7.08. The Morgan fingerprint density at radius 1 is 1.36 bits per heavy atom. The number of nitrogens with one attached hydrogen (secondary N) is 1. The van der Waals surface area contributed by atoms with Crippen molar-refractivity contribution >= 4 is 40.7 Å². The first kappa shape index (κ1) is 18.1. The zero-order valence-electron chi connectivity index (χ0n) is 13.1. The van der Waals surface area contributed by atoms with Crippen LogP contribution in [-0.2, 0) is 14.3 Å². The van der Waals surface area contributed by atoms with Gasteiger partial charge in [-0.15, -0.1) is 0 Å². The summed E-state index contributed by atoms with van der Waals surface area (Å²) in [4.78, 5) is 33.6. The summed E-state index contributed by atoms with van der Waals surface area (Å²) in [6, 6.07) is 5.61. The largest absolute Gasteiger partial charge is 0.495 e. The summed E-state index contributed by atoms with van der Waals surface area (Å²) >= 11 is 1.49. The molecule has 0 saturated heterocycles. The number of methoxy groups -OCH3 is 1. The molecule has 1 aromatic carbocycles. The number of nitro groups is 1. The van der Waals surface area contributed by atoms with E-state index in [9.17, 15) is 19.7 Å². The SMILES string of the molecule is COc1ccc([N+](=O)[O-])cc1NC(=O)COC(=O)/C=C/c1ccsc1. The first-order chi connectivity index (χ1) is 12.0. The number of carbonyl (C=O) groups is 2. The molecular formula is C16H14N2O6S. The van der Waals surface area contributed by atoms with Gasteiger partial charge >= 0.3 is 5.97 Å². The molecule has 0 aliphatic heterocycles. The molecule has 25 heavy (non-hydrogen) atoms. The van der Waals surface area contributed by atoms with Crippen molar-refractivity contribution in [3.8, 4) is 5.75 Å². The van der Waals surface area contributed by atoms with Crippen molar-refractivity contribution in [3.63, 3.8) is 0 Å². The van der Waals surface area contributed by atoms with E-state index in [1.807, 2.05) is 16.8 Å². The van der Waals surface area contributed by atoms with E-state index in [0.29, 0.717) is 0 Å². The summed E-state index contributed by atoms with van der Waals surface area (Å²) in [7, 11) is 1.37. The molecule has 1 heterocycles. The quantitative estimate of drug-likeness (QED) is 0.351. The molecule has 1 amide bonds. The summed E-state index contributed by atoms with van der Waals surface area (Å²) in [5.74, 6) is -1.06. The highest BCUT2D eigenvalue weighted by Crippen LogP contribution is 2.28. The van der Waals surface area contributed by atoms with E-state index in [0.717, 1.165) is 11.6 Å². The molecule has 0 spiro atoms. The van der Waals surface area contributed by atoms with Gasteiger partial charge in [0.25, 0.3) is 11.6 Å². The third-order valence-electron chi connectivity index (χ3n) is 2.97. The Hall–Kier alpha value is -3.20. The van der Waals surface area contributed by atoms with Gasteiger partial charge in [0, 0.05) is 18.2 Å². The molecule has 0 aliphatic carbocycles. The van der Waals surface area contributed by atoms with Gasteiger partial charge in [-0.3, -0.25) is 14.9 Å². The number of non-ortho nitro benzene ring substituents is 1. The molecule has 0 fully saturated rings. The predicted octanol–water partition coefficient (Wildman–Crippen LogP) is 2.86. The molecule has 1 aromatic heterocycles. The van der Waals surface area contributed by atoms with Crippen molar-refractivity contribution in [1.29, 1.82) is 0 Å². The van der Waals surface area contributed by atoms with E-state index in [1.54, 1.807) is 6.08 Å². The van der Waals surface area contributed by atoms with Crippen LogP contribution in [0.3, 0.4) is 0 Å². The van der Waals surface area contributed by atoms with Crippen molar-refractivity contribution in [2.75, 3.05) is 19.0 Å². The van der Waals surface area contributed by atoms with Crippen molar-refractivity contribution < 1.29 is 24.0 Å². The maximum Gasteiger partial charge on any atom is 0.331 e. The lowest BCUT2D eigenvalue weighted by atomic mass is 10.2. The van der Waals surface area contributed by atoms with Gasteiger partial charge in [0.15, 0.2) is 6.61 Å². The van der Waals surface area contributed by atoms with E-state index in [4.69, 9.17) is 9.47 Å². The molecule has 2 aromatic rings. The normalized spacial score (nSPS) is 10.4. The molecule has 1 N–H and O–H groups in total. The Kier molecular flexibility index (Phi) is 6.24. The Labute approximate surface area is 146 Å². The molecular weight excluding hydrogens is 348 g/mol. The highest BCUT2D eigenvalue weighted by atomic mass is 32.1. The van der Waals surface area contributed by atoms with E-state index in [-0.39, 0.29) is 17.1 Å². The molecule has 8 nitrogen and oxygen atoms in total. The van der Waals surface area contributed by atoms with E-state index < -0.39 is 23.4 Å². The summed E-state index contributed by atoms with van der Waals surface area (Å²) < 4.78 is 9.85. The molecule has 0 atom stereocenters. The number of ether oxygens (including phenoxy) is 2. The van der Waals surface area contributed by atoms with E-state index >= 15 is 0 Å². The number of nitrogens with zero attached hydrogens (tertiary/aromatic N) is 1. The Balaban J connectivity index is 1.92. The third kappa shape index (κ3) is 5.43. The Morgan fingerprint density at radius 3 is 2.80 bits per heavy atom. The Morgan fingerprint density at radius 2 is 2.16 bits per heavy atom. The number of nitro benzene ring substituents is 1. The summed E-state index contributed by atoms with van der Waals surface area (Å²) in [6.07, 6.45) is 2.78. The minimum atomic E-state index is -0.674. The molecule has 2 rings (SSSR count). The van der Waals surface area contributed by atoms with Crippen LogP contribution in [0.15, 0.2) is 41.1 Å². The number of hydrogen-bond donors (Lipinski definition) is 1. The van der Waals surface area contributed by atoms with Gasteiger partial charge in [0.1, 0.15) is 5.75 Å². The summed E-state index contributed by atoms with van der Waals surface area (Å²) in [5.41, 5.74) is 0.770. The Bertz CT molecular complexity index is 801. The maximum atomic E-state index is 11.9. The van der Waals surface area contributed by atoms with Crippen molar-refractivity contribution in [3.05, 3.63) is 56.8 Å². The standard InChI is InChI=1S/C16H14N2O6S/c1-23-14-4-3-12(18(21)22)8-13(14)17-15(19)9-24-16(20)5-2-11-6-7-25-10-11/h2-8,10H,9H2,1H3,(H,17,19)/b5-2+. The maximum absolute atomic E-state index is 11.9. The molecule has 0 bridgehead atoms. The minimum absolute atomic E-state index is 0.117. The first-order valence-electron chi connectivity index (χ1n) is 6.99. The van der Waals surface area contributed by atoms with Crippen molar-refractivity contribution in [2.24, 2.45) is 0 Å². The van der Waals surface area contributed by atoms with E-state index in [2.05, 4.69) is 5.32 Å². The van der Waals surface area contributed by atoms with Crippen LogP contribution in [0.1, 0.15) is 5.56 Å². The van der Waals surface area contributed by atoms with Crippen LogP contribution in [-0.4, -0.2) is 30.5 Å². The zero-order chi connectivity index (χ0) is 18.2. The molecule has 0 saturated carbocycles. The number of benzene rings is 1. The first-order valence-corrected chi connectivity index (χ1v) is 7.93. The van der Waals surface area contributed by atoms with Crippen LogP contribution in [0.2, 0.25) is 0 Å². The lowest BCUT2D eigenvalue weighted by Crippen LogP contribution is -2.20. The average Bonchev–Trinajstić information content (AvgIpc) is 3.11. The average molecular weight is 362 g/mol. The number of amides is 1. The molecule has 0 aliphatic rings. The highest BCUT2D eigenvalue weighted by Gasteiger charge is 2.14. The van der Waals surface area contributed by atoms with Crippen LogP contribution in [0.5, 0.6) is 5.75 Å². The van der Waals surface area contributed by atoms with Crippen LogP contribution < -0.4 is 10.1 Å². The lowest BCUT2D eigenvalue weighted by molar-refractivity contribution is -0.384. The van der Waals surface area contributed by atoms with Crippen LogP contribution in [0.25, 0.3) is 6.08 Å². The number of carbonyl (C=O) groups excluding carboxylic acids is 2. The van der Waals surface area contributed by atoms with Crippen LogP contribution in [0, 0.1) is 10.1 Å². The fourth-order valence-electron chi connectivity index (χ4n) is 1.81. The monoisotopic (exact) mass is 362 g/mol. The fraction of sp³-hybridized carbons (Fsp3) is 0.125. The fourth-order valence-corrected chi connectivity index (χ4v) is 2.44. The number of hydrogen-bond acceptors (Lipinski definition) is 7. The smallest absolute Gasteiger partial charge is 0.331 e. The van der Waals surface area contributed by atoms with Gasteiger partial charge in [-0.2, -0.15) is 11.3 Å². The molecule has 130 valence electrons. The van der Waals surface area contributed by atoms with Gasteiger partial charge in [0.05, 0.1) is 17.7 Å². The number of esters is 1. The van der Waals surface area contributed by atoms with Gasteiger partial charge in [0.2, 0.25) is 0 Å². The van der Waals surface area contributed by atoms with Crippen LogP contribution in [0.4, 0.5) is 11.4 Å². The predicted molar refractivity (Wildman–Crippen MR) is 92.6 cm³/mol. The second kappa shape index (κ2) is 8.60. The summed E-state index contributed by atoms with van der Waals surface area (Å²) in [5, 5.41) is 16.9. The van der Waals surface area contributed by atoms with Gasteiger partial charge in [-0.25, -0.2) is 4.79 Å². The zero-order valence-corrected chi connectivity index (χ0v) is 13.9. The van der Waals surface area contributed by atoms with Crippen molar-refractivity contribution in [2.45, 2.75) is 0 Å². The number of rotatable bonds is 7. The number of anilines is 1. The molecule has 9 heteroatoms. The second-order valence-corrected chi connectivity index (χ2v) is 5.47. The second-order valence-electron chi connectivity index (χ2n) is 4.69. The third-order valence-corrected chi connectivity index (χ3v) is 3.67. The van der Waals surface area contributed by atoms with E-state index in [1.165, 1.54) is 36.7 Å². The van der Waals surface area contributed by atoms with Crippen LogP contribution >= 0.6 is 11.3 Å².